The summed E-state index contributed by atoms with van der Waals surface area (Å²) in [5.41, 5.74) is 0. The van der Waals surface area contributed by atoms with Crippen LogP contribution in [0.2, 0.25) is 0 Å². The monoisotopic (exact) mass is 310 g/mol. The van der Waals surface area contributed by atoms with Gasteiger partial charge in [-0.25, -0.2) is 0 Å². The van der Waals surface area contributed by atoms with Gasteiger partial charge in [-0.05, 0) is 38.0 Å². The highest BCUT2D eigenvalue weighted by Crippen LogP contribution is 2.26. The SMILES string of the molecule is CC(C)[C@H]1OCC[C@@H]1CN[C@@H](C)CC(=O)N1CCCCCC1. The number of hydrogen-bond acceptors (Lipinski definition) is 3. The van der Waals surface area contributed by atoms with Crippen molar-refractivity contribution in [3.8, 4) is 0 Å². The normalized spacial score (nSPS) is 27.9. The molecule has 2 aliphatic heterocycles. The van der Waals surface area contributed by atoms with Gasteiger partial charge in [0.05, 0.1) is 6.10 Å². The summed E-state index contributed by atoms with van der Waals surface area (Å²) in [5.74, 6) is 1.49. The third-order valence-corrected chi connectivity index (χ3v) is 5.09. The zero-order valence-corrected chi connectivity index (χ0v) is 14.6. The van der Waals surface area contributed by atoms with E-state index in [2.05, 4.69) is 31.0 Å². The van der Waals surface area contributed by atoms with Crippen LogP contribution in [0.1, 0.15) is 59.3 Å². The lowest BCUT2D eigenvalue weighted by Crippen LogP contribution is -2.40. The molecule has 2 heterocycles. The van der Waals surface area contributed by atoms with E-state index in [1.165, 1.54) is 25.7 Å². The van der Waals surface area contributed by atoms with E-state index in [0.29, 0.717) is 30.3 Å². The van der Waals surface area contributed by atoms with E-state index in [1.54, 1.807) is 0 Å². The van der Waals surface area contributed by atoms with Crippen LogP contribution < -0.4 is 5.32 Å². The second kappa shape index (κ2) is 8.88. The average Bonchev–Trinajstić information content (AvgIpc) is 2.78. The fraction of sp³-hybridized carbons (Fsp3) is 0.944. The molecule has 0 aromatic heterocycles. The van der Waals surface area contributed by atoms with Crippen molar-refractivity contribution in [2.45, 2.75) is 71.4 Å². The molecule has 22 heavy (non-hydrogen) atoms. The second-order valence-corrected chi connectivity index (χ2v) is 7.44. The summed E-state index contributed by atoms with van der Waals surface area (Å²) in [5, 5.41) is 3.57. The van der Waals surface area contributed by atoms with Gasteiger partial charge in [0.25, 0.3) is 0 Å². The molecule has 0 spiro atoms. The van der Waals surface area contributed by atoms with Crippen LogP contribution in [0.15, 0.2) is 0 Å². The smallest absolute Gasteiger partial charge is 0.224 e. The summed E-state index contributed by atoms with van der Waals surface area (Å²) >= 11 is 0. The Bertz CT molecular complexity index is 338. The Labute approximate surface area is 136 Å². The van der Waals surface area contributed by atoms with Gasteiger partial charge in [-0.2, -0.15) is 0 Å². The molecular weight excluding hydrogens is 276 g/mol. The number of nitrogens with zero attached hydrogens (tertiary/aromatic N) is 1. The van der Waals surface area contributed by atoms with E-state index in [-0.39, 0.29) is 6.04 Å². The van der Waals surface area contributed by atoms with Crippen LogP contribution in [0.3, 0.4) is 0 Å². The molecule has 1 N–H and O–H groups in total. The highest BCUT2D eigenvalue weighted by Gasteiger charge is 2.30. The highest BCUT2D eigenvalue weighted by atomic mass is 16.5. The van der Waals surface area contributed by atoms with Gasteiger partial charge in [0.1, 0.15) is 0 Å². The molecule has 0 unspecified atom stereocenters. The molecule has 0 bridgehead atoms. The van der Waals surface area contributed by atoms with E-state index in [4.69, 9.17) is 4.74 Å². The molecule has 2 saturated heterocycles. The Morgan fingerprint density at radius 3 is 2.50 bits per heavy atom. The van der Waals surface area contributed by atoms with Gasteiger partial charge < -0.3 is 15.0 Å². The molecule has 0 aromatic rings. The third-order valence-electron chi connectivity index (χ3n) is 5.09. The van der Waals surface area contributed by atoms with Gasteiger partial charge in [0.2, 0.25) is 5.91 Å². The van der Waals surface area contributed by atoms with Crippen LogP contribution in [0.25, 0.3) is 0 Å². The molecule has 0 aliphatic carbocycles. The van der Waals surface area contributed by atoms with Crippen LogP contribution >= 0.6 is 0 Å². The number of amides is 1. The number of rotatable bonds is 6. The van der Waals surface area contributed by atoms with Gasteiger partial charge >= 0.3 is 0 Å². The summed E-state index contributed by atoms with van der Waals surface area (Å²) in [6.45, 7) is 10.4. The molecule has 0 aromatic carbocycles. The minimum Gasteiger partial charge on any atom is -0.378 e. The van der Waals surface area contributed by atoms with Gasteiger partial charge in [-0.15, -0.1) is 0 Å². The number of carbonyl (C=O) groups is 1. The van der Waals surface area contributed by atoms with Gasteiger partial charge in [0, 0.05) is 38.7 Å². The lowest BCUT2D eigenvalue weighted by molar-refractivity contribution is -0.131. The quantitative estimate of drug-likeness (QED) is 0.820. The van der Waals surface area contributed by atoms with E-state index >= 15 is 0 Å². The lowest BCUT2D eigenvalue weighted by Gasteiger charge is -2.25. The van der Waals surface area contributed by atoms with Gasteiger partial charge in [0.15, 0.2) is 0 Å². The number of hydrogen-bond donors (Lipinski definition) is 1. The fourth-order valence-electron chi connectivity index (χ4n) is 3.75. The Kier molecular flexibility index (Phi) is 7.16. The van der Waals surface area contributed by atoms with Crippen molar-refractivity contribution < 1.29 is 9.53 Å². The lowest BCUT2D eigenvalue weighted by atomic mass is 9.93. The highest BCUT2D eigenvalue weighted by molar-refractivity contribution is 5.76. The molecule has 128 valence electrons. The van der Waals surface area contributed by atoms with E-state index in [0.717, 1.165) is 32.7 Å². The molecule has 0 radical (unpaired) electrons. The summed E-state index contributed by atoms with van der Waals surface area (Å²) in [4.78, 5) is 14.5. The number of carbonyl (C=O) groups excluding carboxylic acids is 1. The molecular formula is C18H34N2O2. The van der Waals surface area contributed by atoms with Crippen molar-refractivity contribution in [3.63, 3.8) is 0 Å². The standard InChI is InChI=1S/C18H34N2O2/c1-14(2)18-16(8-11-22-18)13-19-15(3)12-17(21)20-9-6-4-5-7-10-20/h14-16,18-19H,4-13H2,1-3H3/t15-,16+,18+/m0/s1. The Hall–Kier alpha value is -0.610. The Morgan fingerprint density at radius 2 is 1.86 bits per heavy atom. The first-order valence-electron chi connectivity index (χ1n) is 9.20. The van der Waals surface area contributed by atoms with Crippen LogP contribution in [0, 0.1) is 11.8 Å². The summed E-state index contributed by atoms with van der Waals surface area (Å²) in [7, 11) is 0. The van der Waals surface area contributed by atoms with Crippen LogP contribution in [0.5, 0.6) is 0 Å². The molecule has 0 saturated carbocycles. The third kappa shape index (κ3) is 5.24. The van der Waals surface area contributed by atoms with E-state index < -0.39 is 0 Å². The summed E-state index contributed by atoms with van der Waals surface area (Å²) in [6, 6.07) is 0.254. The predicted octanol–water partition coefficient (Wildman–Crippen LogP) is 2.82. The number of nitrogens with one attached hydrogen (secondary N) is 1. The summed E-state index contributed by atoms with van der Waals surface area (Å²) < 4.78 is 5.83. The minimum absolute atomic E-state index is 0.254. The second-order valence-electron chi connectivity index (χ2n) is 7.44. The maximum atomic E-state index is 12.4. The van der Waals surface area contributed by atoms with Crippen molar-refractivity contribution in [1.82, 2.24) is 10.2 Å². The molecule has 1 amide bonds. The fourth-order valence-corrected chi connectivity index (χ4v) is 3.75. The molecule has 3 atom stereocenters. The number of ether oxygens (including phenoxy) is 1. The molecule has 2 fully saturated rings. The maximum Gasteiger partial charge on any atom is 0.224 e. The zero-order chi connectivity index (χ0) is 15.9. The molecule has 4 heteroatoms. The first-order chi connectivity index (χ1) is 10.6. The topological polar surface area (TPSA) is 41.6 Å². The van der Waals surface area contributed by atoms with Crippen molar-refractivity contribution >= 4 is 5.91 Å². The first kappa shape index (κ1) is 17.7. The largest absolute Gasteiger partial charge is 0.378 e. The molecule has 2 aliphatic rings. The van der Waals surface area contributed by atoms with Crippen molar-refractivity contribution in [2.75, 3.05) is 26.2 Å². The first-order valence-corrected chi connectivity index (χ1v) is 9.20. The number of likely N-dealkylation sites (tertiary alicyclic amines) is 1. The van der Waals surface area contributed by atoms with Gasteiger partial charge in [-0.3, -0.25) is 4.79 Å². The molecule has 4 nitrogen and oxygen atoms in total. The van der Waals surface area contributed by atoms with E-state index in [9.17, 15) is 4.79 Å². The predicted molar refractivity (Wildman–Crippen MR) is 89.8 cm³/mol. The van der Waals surface area contributed by atoms with Crippen LogP contribution in [-0.2, 0) is 9.53 Å². The van der Waals surface area contributed by atoms with E-state index in [1.807, 2.05) is 0 Å². The van der Waals surface area contributed by atoms with Crippen LogP contribution in [0.4, 0.5) is 0 Å². The Morgan fingerprint density at radius 1 is 1.18 bits per heavy atom. The minimum atomic E-state index is 0.254. The van der Waals surface area contributed by atoms with Crippen molar-refractivity contribution in [2.24, 2.45) is 11.8 Å². The van der Waals surface area contributed by atoms with Crippen LogP contribution in [-0.4, -0.2) is 49.2 Å². The Balaban J connectivity index is 1.70. The summed E-state index contributed by atoms with van der Waals surface area (Å²) in [6.07, 6.45) is 7.03. The molecule has 2 rings (SSSR count). The van der Waals surface area contributed by atoms with Crippen molar-refractivity contribution in [1.29, 1.82) is 0 Å². The van der Waals surface area contributed by atoms with Crippen molar-refractivity contribution in [3.05, 3.63) is 0 Å². The average molecular weight is 310 g/mol. The van der Waals surface area contributed by atoms with Gasteiger partial charge in [-0.1, -0.05) is 26.7 Å². The zero-order valence-electron chi connectivity index (χ0n) is 14.6. The maximum absolute atomic E-state index is 12.4.